The van der Waals surface area contributed by atoms with Gasteiger partial charge < -0.3 is 19.5 Å². The van der Waals surface area contributed by atoms with Crippen molar-refractivity contribution < 1.29 is 31.8 Å². The number of methoxy groups -OCH3 is 3. The van der Waals surface area contributed by atoms with Gasteiger partial charge in [0.15, 0.2) is 11.5 Å². The monoisotopic (exact) mass is 474 g/mol. The predicted octanol–water partition coefficient (Wildman–Crippen LogP) is 3.58. The molecule has 0 unspecified atom stereocenters. The van der Waals surface area contributed by atoms with E-state index in [0.717, 1.165) is 24.3 Å². The zero-order chi connectivity index (χ0) is 24.0. The number of nitrogens with one attached hydrogen (secondary N) is 2. The van der Waals surface area contributed by atoms with Gasteiger partial charge in [0.1, 0.15) is 5.82 Å². The molecule has 1 amide bonds. The number of hydrogen-bond acceptors (Lipinski definition) is 6. The number of anilines is 1. The molecule has 0 bridgehead atoms. The van der Waals surface area contributed by atoms with Crippen LogP contribution in [0.1, 0.15) is 15.9 Å². The van der Waals surface area contributed by atoms with Crippen molar-refractivity contribution in [2.75, 3.05) is 26.1 Å². The second kappa shape index (κ2) is 10.2. The molecule has 33 heavy (non-hydrogen) atoms. The van der Waals surface area contributed by atoms with Crippen molar-refractivity contribution in [3.8, 4) is 17.2 Å². The van der Waals surface area contributed by atoms with E-state index in [9.17, 15) is 17.6 Å². The molecular weight excluding hydrogens is 451 g/mol. The van der Waals surface area contributed by atoms with Gasteiger partial charge in [-0.3, -0.25) is 9.52 Å². The molecule has 0 heterocycles. The number of amides is 1. The van der Waals surface area contributed by atoms with Crippen molar-refractivity contribution in [2.24, 2.45) is 0 Å². The molecule has 3 aromatic rings. The van der Waals surface area contributed by atoms with Crippen molar-refractivity contribution in [3.63, 3.8) is 0 Å². The second-order valence-corrected chi connectivity index (χ2v) is 8.50. The number of para-hydroxylation sites is 1. The zero-order valence-electron chi connectivity index (χ0n) is 18.2. The molecule has 0 spiro atoms. The standard InChI is InChI=1S/C23H23FN2O6S/c1-30-20-12-15(13-21(31-2)22(20)32-3)14-25-23(27)18-6-4-5-7-19(18)26-33(28,29)17-10-8-16(24)9-11-17/h4-13,26H,14H2,1-3H3,(H,25,27). The van der Waals surface area contributed by atoms with Crippen LogP contribution in [0.3, 0.4) is 0 Å². The number of hydrogen-bond donors (Lipinski definition) is 2. The largest absolute Gasteiger partial charge is 0.493 e. The SMILES string of the molecule is COc1cc(CNC(=O)c2ccccc2NS(=O)(=O)c2ccc(F)cc2)cc(OC)c1OC. The minimum atomic E-state index is -4.02. The lowest BCUT2D eigenvalue weighted by atomic mass is 10.1. The Bertz CT molecular complexity index is 1220. The van der Waals surface area contributed by atoms with Crippen LogP contribution < -0.4 is 24.2 Å². The molecule has 0 aliphatic carbocycles. The number of carbonyl (C=O) groups excluding carboxylic acids is 1. The lowest BCUT2D eigenvalue weighted by Crippen LogP contribution is -2.25. The van der Waals surface area contributed by atoms with E-state index < -0.39 is 21.7 Å². The Balaban J connectivity index is 1.80. The Labute approximate surface area is 191 Å². The fraction of sp³-hybridized carbons (Fsp3) is 0.174. The summed E-state index contributed by atoms with van der Waals surface area (Å²) in [5.74, 6) is 0.249. The van der Waals surface area contributed by atoms with E-state index in [1.165, 1.54) is 33.5 Å². The fourth-order valence-corrected chi connectivity index (χ4v) is 4.18. The molecule has 0 radical (unpaired) electrons. The first-order valence-corrected chi connectivity index (χ1v) is 11.2. The van der Waals surface area contributed by atoms with Gasteiger partial charge in [-0.05, 0) is 54.1 Å². The van der Waals surface area contributed by atoms with Crippen LogP contribution in [0.15, 0.2) is 65.6 Å². The molecule has 0 aliphatic heterocycles. The summed E-state index contributed by atoms with van der Waals surface area (Å²) in [6.07, 6.45) is 0. The van der Waals surface area contributed by atoms with Crippen LogP contribution in [-0.2, 0) is 16.6 Å². The lowest BCUT2D eigenvalue weighted by molar-refractivity contribution is 0.0951. The number of carbonyl (C=O) groups is 1. The number of ether oxygens (including phenoxy) is 3. The van der Waals surface area contributed by atoms with Gasteiger partial charge in [-0.25, -0.2) is 12.8 Å². The van der Waals surface area contributed by atoms with Gasteiger partial charge in [-0.2, -0.15) is 0 Å². The first-order valence-electron chi connectivity index (χ1n) is 9.73. The molecule has 10 heteroatoms. The van der Waals surface area contributed by atoms with Crippen molar-refractivity contribution in [1.29, 1.82) is 0 Å². The average Bonchev–Trinajstić information content (AvgIpc) is 2.82. The average molecular weight is 475 g/mol. The molecule has 0 saturated heterocycles. The molecule has 0 aromatic heterocycles. The third-order valence-electron chi connectivity index (χ3n) is 4.72. The van der Waals surface area contributed by atoms with Crippen molar-refractivity contribution >= 4 is 21.6 Å². The number of rotatable bonds is 9. The summed E-state index contributed by atoms with van der Waals surface area (Å²) in [4.78, 5) is 12.7. The maximum atomic E-state index is 13.1. The molecule has 0 saturated carbocycles. The summed E-state index contributed by atoms with van der Waals surface area (Å²) in [7, 11) is 0.448. The van der Waals surface area contributed by atoms with Crippen LogP contribution in [0.25, 0.3) is 0 Å². The second-order valence-electron chi connectivity index (χ2n) is 6.82. The summed E-state index contributed by atoms with van der Waals surface area (Å²) in [5, 5.41) is 2.75. The highest BCUT2D eigenvalue weighted by Gasteiger charge is 2.19. The van der Waals surface area contributed by atoms with Crippen LogP contribution >= 0.6 is 0 Å². The Kier molecular flexibility index (Phi) is 7.39. The van der Waals surface area contributed by atoms with Crippen molar-refractivity contribution in [2.45, 2.75) is 11.4 Å². The van der Waals surface area contributed by atoms with E-state index in [1.807, 2.05) is 0 Å². The Morgan fingerprint density at radius 2 is 1.52 bits per heavy atom. The van der Waals surface area contributed by atoms with Crippen LogP contribution in [-0.4, -0.2) is 35.7 Å². The van der Waals surface area contributed by atoms with Crippen molar-refractivity contribution in [3.05, 3.63) is 77.6 Å². The van der Waals surface area contributed by atoms with E-state index in [2.05, 4.69) is 10.0 Å². The molecule has 174 valence electrons. The van der Waals surface area contributed by atoms with E-state index in [4.69, 9.17) is 14.2 Å². The third kappa shape index (κ3) is 5.53. The van der Waals surface area contributed by atoms with Gasteiger partial charge in [-0.1, -0.05) is 12.1 Å². The highest BCUT2D eigenvalue weighted by molar-refractivity contribution is 7.92. The lowest BCUT2D eigenvalue weighted by Gasteiger charge is -2.15. The molecule has 8 nitrogen and oxygen atoms in total. The third-order valence-corrected chi connectivity index (χ3v) is 6.10. The Hall–Kier alpha value is -3.79. The van der Waals surface area contributed by atoms with Crippen molar-refractivity contribution in [1.82, 2.24) is 5.32 Å². The van der Waals surface area contributed by atoms with Crippen LogP contribution in [0, 0.1) is 5.82 Å². The number of sulfonamides is 1. The first-order chi connectivity index (χ1) is 15.8. The van der Waals surface area contributed by atoms with Gasteiger partial charge in [-0.15, -0.1) is 0 Å². The summed E-state index contributed by atoms with van der Waals surface area (Å²) in [6.45, 7) is 0.120. The molecule has 3 aromatic carbocycles. The summed E-state index contributed by atoms with van der Waals surface area (Å²) < 4.78 is 56.8. The smallest absolute Gasteiger partial charge is 0.261 e. The van der Waals surface area contributed by atoms with E-state index in [1.54, 1.807) is 24.3 Å². The maximum Gasteiger partial charge on any atom is 0.261 e. The minimum absolute atomic E-state index is 0.0872. The Morgan fingerprint density at radius 1 is 0.909 bits per heavy atom. The fourth-order valence-electron chi connectivity index (χ4n) is 3.10. The first kappa shape index (κ1) is 23.9. The van der Waals surface area contributed by atoms with Gasteiger partial charge in [0, 0.05) is 6.54 Å². The van der Waals surface area contributed by atoms with Gasteiger partial charge in [0.2, 0.25) is 5.75 Å². The summed E-state index contributed by atoms with van der Waals surface area (Å²) in [5.41, 5.74) is 0.891. The summed E-state index contributed by atoms with van der Waals surface area (Å²) in [6, 6.07) is 13.9. The van der Waals surface area contributed by atoms with E-state index in [-0.39, 0.29) is 22.7 Å². The van der Waals surface area contributed by atoms with Crippen LogP contribution in [0.2, 0.25) is 0 Å². The number of halogens is 1. The predicted molar refractivity (Wildman–Crippen MR) is 121 cm³/mol. The number of benzene rings is 3. The molecule has 3 rings (SSSR count). The zero-order valence-corrected chi connectivity index (χ0v) is 19.0. The topological polar surface area (TPSA) is 103 Å². The summed E-state index contributed by atoms with van der Waals surface area (Å²) >= 11 is 0. The maximum absolute atomic E-state index is 13.1. The van der Waals surface area contributed by atoms with E-state index >= 15 is 0 Å². The van der Waals surface area contributed by atoms with Crippen LogP contribution in [0.4, 0.5) is 10.1 Å². The normalized spacial score (nSPS) is 10.9. The van der Waals surface area contributed by atoms with Gasteiger partial charge >= 0.3 is 0 Å². The Morgan fingerprint density at radius 3 is 2.09 bits per heavy atom. The molecule has 2 N–H and O–H groups in total. The van der Waals surface area contributed by atoms with Gasteiger partial charge in [0.25, 0.3) is 15.9 Å². The molecular formula is C23H23FN2O6S. The minimum Gasteiger partial charge on any atom is -0.493 e. The molecule has 0 fully saturated rings. The highest BCUT2D eigenvalue weighted by atomic mass is 32.2. The van der Waals surface area contributed by atoms with Crippen LogP contribution in [0.5, 0.6) is 17.2 Å². The quantitative estimate of drug-likeness (QED) is 0.491. The molecule has 0 aliphatic rings. The van der Waals surface area contributed by atoms with E-state index in [0.29, 0.717) is 22.8 Å². The highest BCUT2D eigenvalue weighted by Crippen LogP contribution is 2.38. The van der Waals surface area contributed by atoms with Gasteiger partial charge in [0.05, 0.1) is 37.5 Å². The molecule has 0 atom stereocenters.